The Morgan fingerprint density at radius 3 is 2.76 bits per heavy atom. The van der Waals surface area contributed by atoms with Gasteiger partial charge in [-0.05, 0) is 18.1 Å². The van der Waals surface area contributed by atoms with Gasteiger partial charge in [0.15, 0.2) is 23.9 Å². The van der Waals surface area contributed by atoms with Crippen molar-refractivity contribution in [2.75, 3.05) is 19.8 Å². The number of sulfonamides is 1. The standard InChI is InChI=1S/C18H23N3O7S/c1-12(2)8-16-20-17(28-21-16)11-27-18(22)10-19-29(23,24)13-4-5-14-15(9-13)26-7-3-6-25-14/h4-5,9,12,19H,3,6-8,10-11H2,1-2H3. The molecule has 0 atom stereocenters. The molecule has 0 amide bonds. The van der Waals surface area contributed by atoms with Crippen LogP contribution in [0.1, 0.15) is 32.0 Å². The number of ether oxygens (including phenoxy) is 3. The van der Waals surface area contributed by atoms with Crippen LogP contribution >= 0.6 is 0 Å². The second kappa shape index (κ2) is 9.23. The first-order valence-corrected chi connectivity index (χ1v) is 10.7. The summed E-state index contributed by atoms with van der Waals surface area (Å²) in [6.45, 7) is 4.21. The molecule has 0 radical (unpaired) electrons. The van der Waals surface area contributed by atoms with Crippen molar-refractivity contribution >= 4 is 16.0 Å². The third-order valence-electron chi connectivity index (χ3n) is 3.89. The van der Waals surface area contributed by atoms with Crippen LogP contribution < -0.4 is 14.2 Å². The molecule has 0 unspecified atom stereocenters. The first-order chi connectivity index (χ1) is 13.8. The Morgan fingerprint density at radius 2 is 2.00 bits per heavy atom. The molecule has 2 heterocycles. The average molecular weight is 425 g/mol. The van der Waals surface area contributed by atoms with Crippen LogP contribution in [0.15, 0.2) is 27.6 Å². The van der Waals surface area contributed by atoms with Crippen LogP contribution in [0.25, 0.3) is 0 Å². The second-order valence-corrected chi connectivity index (χ2v) is 8.61. The summed E-state index contributed by atoms with van der Waals surface area (Å²) in [4.78, 5) is 15.9. The van der Waals surface area contributed by atoms with E-state index in [-0.39, 0.29) is 17.4 Å². The molecule has 158 valence electrons. The van der Waals surface area contributed by atoms with E-state index in [4.69, 9.17) is 18.7 Å². The maximum absolute atomic E-state index is 12.4. The third kappa shape index (κ3) is 5.91. The summed E-state index contributed by atoms with van der Waals surface area (Å²) >= 11 is 0. The summed E-state index contributed by atoms with van der Waals surface area (Å²) < 4.78 is 48.0. The van der Waals surface area contributed by atoms with Gasteiger partial charge in [-0.3, -0.25) is 4.79 Å². The summed E-state index contributed by atoms with van der Waals surface area (Å²) in [5, 5.41) is 3.79. The van der Waals surface area contributed by atoms with E-state index in [9.17, 15) is 13.2 Å². The minimum absolute atomic E-state index is 0.0372. The van der Waals surface area contributed by atoms with Crippen molar-refractivity contribution in [3.8, 4) is 11.5 Å². The molecule has 29 heavy (non-hydrogen) atoms. The normalized spacial score (nSPS) is 13.9. The van der Waals surface area contributed by atoms with Crippen LogP contribution in [0.4, 0.5) is 0 Å². The molecule has 1 aromatic carbocycles. The SMILES string of the molecule is CC(C)Cc1noc(COC(=O)CNS(=O)(=O)c2ccc3c(c2)OCCCO3)n1. The number of esters is 1. The Balaban J connectivity index is 1.52. The van der Waals surface area contributed by atoms with Crippen molar-refractivity contribution in [1.29, 1.82) is 0 Å². The van der Waals surface area contributed by atoms with Crippen molar-refractivity contribution in [1.82, 2.24) is 14.9 Å². The van der Waals surface area contributed by atoms with E-state index in [1.165, 1.54) is 18.2 Å². The fraction of sp³-hybridized carbons (Fsp3) is 0.500. The summed E-state index contributed by atoms with van der Waals surface area (Å²) in [7, 11) is -3.93. The van der Waals surface area contributed by atoms with Crippen LogP contribution in [0.3, 0.4) is 0 Å². The third-order valence-corrected chi connectivity index (χ3v) is 5.29. The molecule has 0 bridgehead atoms. The number of nitrogens with one attached hydrogen (secondary N) is 1. The molecular formula is C18H23N3O7S. The Hall–Kier alpha value is -2.66. The number of aromatic nitrogens is 2. The lowest BCUT2D eigenvalue weighted by molar-refractivity contribution is -0.144. The number of nitrogens with zero attached hydrogens (tertiary/aromatic N) is 2. The highest BCUT2D eigenvalue weighted by Gasteiger charge is 2.20. The highest BCUT2D eigenvalue weighted by atomic mass is 32.2. The van der Waals surface area contributed by atoms with E-state index in [2.05, 4.69) is 14.9 Å². The Morgan fingerprint density at radius 1 is 1.24 bits per heavy atom. The fourth-order valence-corrected chi connectivity index (χ4v) is 3.52. The minimum atomic E-state index is -3.93. The number of carbonyl (C=O) groups excluding carboxylic acids is 1. The largest absolute Gasteiger partial charge is 0.490 e. The first kappa shape index (κ1) is 21.1. The summed E-state index contributed by atoms with van der Waals surface area (Å²) in [5.41, 5.74) is 0. The van der Waals surface area contributed by atoms with Gasteiger partial charge in [0.1, 0.15) is 6.54 Å². The van der Waals surface area contributed by atoms with E-state index in [0.29, 0.717) is 49.3 Å². The molecule has 11 heteroatoms. The van der Waals surface area contributed by atoms with Crippen molar-refractivity contribution < 1.29 is 31.9 Å². The Bertz CT molecular complexity index is 956. The number of hydrogen-bond donors (Lipinski definition) is 1. The van der Waals surface area contributed by atoms with Gasteiger partial charge in [0.05, 0.1) is 18.1 Å². The molecule has 10 nitrogen and oxygen atoms in total. The summed E-state index contributed by atoms with van der Waals surface area (Å²) in [6.07, 6.45) is 1.35. The van der Waals surface area contributed by atoms with Crippen LogP contribution in [0, 0.1) is 5.92 Å². The zero-order chi connectivity index (χ0) is 20.9. The first-order valence-electron chi connectivity index (χ1n) is 9.20. The quantitative estimate of drug-likeness (QED) is 0.625. The van der Waals surface area contributed by atoms with Gasteiger partial charge < -0.3 is 18.7 Å². The van der Waals surface area contributed by atoms with E-state index in [1.807, 2.05) is 13.8 Å². The van der Waals surface area contributed by atoms with E-state index in [1.54, 1.807) is 0 Å². The average Bonchev–Trinajstić information content (AvgIpc) is 2.97. The van der Waals surface area contributed by atoms with Crippen LogP contribution in [0.5, 0.6) is 11.5 Å². The lowest BCUT2D eigenvalue weighted by atomic mass is 10.1. The van der Waals surface area contributed by atoms with Crippen molar-refractivity contribution in [2.24, 2.45) is 5.92 Å². The predicted molar refractivity (Wildman–Crippen MR) is 99.9 cm³/mol. The minimum Gasteiger partial charge on any atom is -0.490 e. The molecule has 1 aromatic heterocycles. The maximum Gasteiger partial charge on any atom is 0.321 e. The zero-order valence-electron chi connectivity index (χ0n) is 16.2. The number of fused-ring (bicyclic) bond motifs is 1. The van der Waals surface area contributed by atoms with Crippen molar-refractivity contribution in [3.63, 3.8) is 0 Å². The van der Waals surface area contributed by atoms with Gasteiger partial charge in [0.2, 0.25) is 10.0 Å². The molecular weight excluding hydrogens is 402 g/mol. The predicted octanol–water partition coefficient (Wildman–Crippen LogP) is 1.45. The van der Waals surface area contributed by atoms with Gasteiger partial charge in [0.25, 0.3) is 5.89 Å². The molecule has 1 N–H and O–H groups in total. The van der Waals surface area contributed by atoms with Crippen molar-refractivity contribution in [2.45, 2.75) is 38.2 Å². The summed E-state index contributed by atoms with van der Waals surface area (Å²) in [5.74, 6) is 1.11. The summed E-state index contributed by atoms with van der Waals surface area (Å²) in [6, 6.07) is 4.27. The highest BCUT2D eigenvalue weighted by molar-refractivity contribution is 7.89. The lowest BCUT2D eigenvalue weighted by Crippen LogP contribution is -2.30. The molecule has 0 saturated carbocycles. The molecule has 2 aromatic rings. The van der Waals surface area contributed by atoms with E-state index < -0.39 is 22.5 Å². The van der Waals surface area contributed by atoms with Gasteiger partial charge in [-0.15, -0.1) is 0 Å². The number of rotatable bonds is 8. The lowest BCUT2D eigenvalue weighted by Gasteiger charge is -2.10. The van der Waals surface area contributed by atoms with Gasteiger partial charge in [0, 0.05) is 18.9 Å². The monoisotopic (exact) mass is 425 g/mol. The number of carbonyl (C=O) groups is 1. The van der Waals surface area contributed by atoms with Gasteiger partial charge >= 0.3 is 5.97 Å². The molecule has 1 aliphatic rings. The molecule has 0 saturated heterocycles. The van der Waals surface area contributed by atoms with Crippen LogP contribution in [-0.4, -0.2) is 44.3 Å². The van der Waals surface area contributed by atoms with Gasteiger partial charge in [-0.1, -0.05) is 19.0 Å². The van der Waals surface area contributed by atoms with Crippen molar-refractivity contribution in [3.05, 3.63) is 29.9 Å². The highest BCUT2D eigenvalue weighted by Crippen LogP contribution is 2.31. The molecule has 1 aliphatic heterocycles. The van der Waals surface area contributed by atoms with Crippen LogP contribution in [0.2, 0.25) is 0 Å². The Kier molecular flexibility index (Phi) is 6.70. The number of benzene rings is 1. The topological polar surface area (TPSA) is 130 Å². The van der Waals surface area contributed by atoms with Crippen LogP contribution in [-0.2, 0) is 32.6 Å². The van der Waals surface area contributed by atoms with Gasteiger partial charge in [-0.25, -0.2) is 8.42 Å². The fourth-order valence-electron chi connectivity index (χ4n) is 2.54. The Labute approximate surface area is 168 Å². The van der Waals surface area contributed by atoms with E-state index >= 15 is 0 Å². The molecule has 3 rings (SSSR count). The molecule has 0 fully saturated rings. The zero-order valence-corrected chi connectivity index (χ0v) is 17.0. The second-order valence-electron chi connectivity index (χ2n) is 6.85. The smallest absolute Gasteiger partial charge is 0.321 e. The molecule has 0 spiro atoms. The molecule has 0 aliphatic carbocycles. The number of hydrogen-bond acceptors (Lipinski definition) is 9. The van der Waals surface area contributed by atoms with E-state index in [0.717, 1.165) is 0 Å². The van der Waals surface area contributed by atoms with Gasteiger partial charge in [-0.2, -0.15) is 9.71 Å². The maximum atomic E-state index is 12.4.